The average molecular weight is 824 g/mol. The topological polar surface area (TPSA) is 346 Å². The number of nitrogen functional groups attached to an aromatic ring is 1. The lowest BCUT2D eigenvalue weighted by molar-refractivity contribution is 0.282. The minimum absolute atomic E-state index is 0.0500. The first kappa shape index (κ1) is 40.3. The van der Waals surface area contributed by atoms with E-state index in [9.17, 15) is 51.7 Å². The van der Waals surface area contributed by atoms with Crippen molar-refractivity contribution in [1.29, 1.82) is 0 Å². The predicted octanol–water partition coefficient (Wildman–Crippen LogP) is 3.39. The van der Waals surface area contributed by atoms with Gasteiger partial charge >= 0.3 is 20.8 Å². The zero-order valence-electron chi connectivity index (χ0n) is 25.8. The highest BCUT2D eigenvalue weighted by molar-refractivity contribution is 7.91. The Hall–Kier alpha value is -4.51. The van der Waals surface area contributed by atoms with Gasteiger partial charge in [-0.3, -0.25) is 13.7 Å². The average Bonchev–Trinajstić information content (AvgIpc) is 3.02. The number of rotatable bonds is 15. The van der Waals surface area contributed by atoms with Gasteiger partial charge in [0.25, 0.3) is 10.1 Å². The Kier molecular flexibility index (Phi) is 11.8. The Bertz CT molecular complexity index is 2630. The van der Waals surface area contributed by atoms with Gasteiger partial charge in [0.2, 0.25) is 0 Å². The number of anilines is 1. The van der Waals surface area contributed by atoms with E-state index in [1.54, 1.807) is 0 Å². The number of phenolic OH excluding ortho intramolecular Hbond substituents is 1. The largest absolute Gasteiger partial charge is 0.505 e. The molecular weight excluding hydrogens is 799 g/mol. The van der Waals surface area contributed by atoms with Crippen LogP contribution in [0.3, 0.4) is 0 Å². The molecule has 0 bridgehead atoms. The fraction of sp³-hybridized carbons (Fsp3) is 0.154. The van der Waals surface area contributed by atoms with Gasteiger partial charge in [-0.25, -0.2) is 25.2 Å². The molecule has 4 aromatic carbocycles. The van der Waals surface area contributed by atoms with Crippen molar-refractivity contribution in [3.63, 3.8) is 0 Å². The zero-order valence-corrected chi connectivity index (χ0v) is 29.9. The second kappa shape index (κ2) is 15.2. The monoisotopic (exact) mass is 823 g/mol. The Balaban J connectivity index is 1.64. The smallest absolute Gasteiger partial charge is 0.397 e. The number of azo groups is 2. The molecular formula is C26H25N5O16S5. The van der Waals surface area contributed by atoms with Crippen molar-refractivity contribution >= 4 is 89.8 Å². The minimum Gasteiger partial charge on any atom is -0.505 e. The highest BCUT2D eigenvalue weighted by Gasteiger charge is 2.24. The van der Waals surface area contributed by atoms with Crippen molar-refractivity contribution in [2.24, 2.45) is 20.5 Å². The summed E-state index contributed by atoms with van der Waals surface area (Å²) in [4.78, 5) is -1.47. The Morgan fingerprint density at radius 3 is 1.38 bits per heavy atom. The number of hydrogen-bond donors (Lipinski definition) is 5. The van der Waals surface area contributed by atoms with Crippen LogP contribution in [0.15, 0.2) is 102 Å². The zero-order chi connectivity index (χ0) is 38.7. The van der Waals surface area contributed by atoms with Crippen LogP contribution in [-0.4, -0.2) is 85.6 Å². The van der Waals surface area contributed by atoms with Crippen LogP contribution >= 0.6 is 0 Å². The third kappa shape index (κ3) is 10.5. The standard InChI is InChI=1S/C26H25N5O16S5/c27-22-10-9-20-21(24(22)30-28-16-1-5-18(6-2-16)48(33,34)13-11-46-51(40,41)42)15-23(50(37,38)39)25(26(20)32)31-29-17-3-7-19(8-4-17)49(35,36)14-12-47-52(43,44)45/h1-10,15,32H,11-14,27H2,(H,37,38,39)(H,40,41,42)(H,43,44,45). The Morgan fingerprint density at radius 1 is 0.558 bits per heavy atom. The van der Waals surface area contributed by atoms with Crippen molar-refractivity contribution in [3.05, 3.63) is 66.7 Å². The van der Waals surface area contributed by atoms with Crippen molar-refractivity contribution in [2.45, 2.75) is 14.7 Å². The first-order chi connectivity index (χ1) is 24.0. The molecule has 0 heterocycles. The molecule has 4 rings (SSSR count). The van der Waals surface area contributed by atoms with Crippen LogP contribution in [0.5, 0.6) is 5.75 Å². The highest BCUT2D eigenvalue weighted by atomic mass is 32.3. The third-order valence-electron chi connectivity index (χ3n) is 6.61. The summed E-state index contributed by atoms with van der Waals surface area (Å²) in [5.41, 5.74) is 5.10. The molecule has 0 spiro atoms. The molecule has 0 atom stereocenters. The van der Waals surface area contributed by atoms with E-state index in [0.717, 1.165) is 42.5 Å². The van der Waals surface area contributed by atoms with Crippen LogP contribution < -0.4 is 5.73 Å². The van der Waals surface area contributed by atoms with Crippen LogP contribution in [0.2, 0.25) is 0 Å². The van der Waals surface area contributed by atoms with Gasteiger partial charge in [-0.05, 0) is 66.7 Å². The second-order valence-electron chi connectivity index (χ2n) is 10.2. The van der Waals surface area contributed by atoms with Crippen molar-refractivity contribution in [2.75, 3.05) is 30.5 Å². The van der Waals surface area contributed by atoms with Gasteiger partial charge in [0.05, 0.1) is 51.6 Å². The summed E-state index contributed by atoms with van der Waals surface area (Å²) in [5, 5.41) is 26.4. The Labute approximate surface area is 295 Å². The van der Waals surface area contributed by atoms with E-state index in [2.05, 4.69) is 28.8 Å². The maximum absolute atomic E-state index is 12.4. The third-order valence-corrected chi connectivity index (χ3v) is 11.8. The summed E-state index contributed by atoms with van der Waals surface area (Å²) >= 11 is 0. The van der Waals surface area contributed by atoms with Gasteiger partial charge in [0.1, 0.15) is 16.3 Å². The van der Waals surface area contributed by atoms with Crippen molar-refractivity contribution in [3.8, 4) is 5.75 Å². The number of nitrogens with zero attached hydrogens (tertiary/aromatic N) is 4. The molecule has 0 aliphatic heterocycles. The SMILES string of the molecule is Nc1ccc2c(O)c(N=Nc3ccc(S(=O)(=O)CCOS(=O)(=O)O)cc3)c(S(=O)(=O)O)cc2c1N=Nc1ccc(S(=O)(=O)CCOS(=O)(=O)O)cc1. The van der Waals surface area contributed by atoms with E-state index in [4.69, 9.17) is 14.8 Å². The number of phenols is 1. The molecule has 4 aromatic rings. The molecule has 0 aliphatic carbocycles. The first-order valence-corrected chi connectivity index (χ1v) is 21.2. The van der Waals surface area contributed by atoms with Crippen LogP contribution in [-0.2, 0) is 59.0 Å². The van der Waals surface area contributed by atoms with Gasteiger partial charge in [0, 0.05) is 10.8 Å². The van der Waals surface area contributed by atoms with Crippen LogP contribution in [0.25, 0.3) is 10.8 Å². The van der Waals surface area contributed by atoms with Gasteiger partial charge in [-0.2, -0.15) is 35.5 Å². The second-order valence-corrected chi connectivity index (χ2v) is 18.0. The van der Waals surface area contributed by atoms with Crippen LogP contribution in [0.4, 0.5) is 28.4 Å². The maximum Gasteiger partial charge on any atom is 0.397 e. The lowest BCUT2D eigenvalue weighted by atomic mass is 10.1. The molecule has 0 saturated heterocycles. The number of fused-ring (bicyclic) bond motifs is 1. The van der Waals surface area contributed by atoms with E-state index in [1.165, 1.54) is 24.3 Å². The normalized spacial score (nSPS) is 13.4. The van der Waals surface area contributed by atoms with Crippen molar-refractivity contribution < 1.29 is 69.2 Å². The van der Waals surface area contributed by atoms with Crippen molar-refractivity contribution in [1.82, 2.24) is 0 Å². The molecule has 0 aliphatic rings. The van der Waals surface area contributed by atoms with Crippen LogP contribution in [0, 0.1) is 0 Å². The van der Waals surface area contributed by atoms with Gasteiger partial charge in [0.15, 0.2) is 25.4 Å². The molecule has 0 unspecified atom stereocenters. The minimum atomic E-state index is -5.12. The molecule has 6 N–H and O–H groups in total. The maximum atomic E-state index is 12.4. The summed E-state index contributed by atoms with van der Waals surface area (Å²) in [7, 11) is -22.9. The van der Waals surface area contributed by atoms with Gasteiger partial charge < -0.3 is 10.8 Å². The summed E-state index contributed by atoms with van der Waals surface area (Å²) in [6, 6.07) is 12.6. The molecule has 280 valence electrons. The number of nitrogens with two attached hydrogens (primary N) is 1. The fourth-order valence-electron chi connectivity index (χ4n) is 4.22. The molecule has 0 aromatic heterocycles. The number of benzene rings is 4. The van der Waals surface area contributed by atoms with Gasteiger partial charge in [-0.1, -0.05) is 0 Å². The fourth-order valence-corrected chi connectivity index (χ4v) is 7.84. The molecule has 0 fully saturated rings. The molecule has 26 heteroatoms. The molecule has 0 saturated carbocycles. The predicted molar refractivity (Wildman–Crippen MR) is 180 cm³/mol. The summed E-state index contributed by atoms with van der Waals surface area (Å²) < 4.78 is 152. The number of hydrogen-bond acceptors (Lipinski definition) is 18. The van der Waals surface area contributed by atoms with E-state index < -0.39 is 91.6 Å². The molecule has 21 nitrogen and oxygen atoms in total. The summed E-state index contributed by atoms with van der Waals surface area (Å²) in [6.07, 6.45) is 0. The lowest BCUT2D eigenvalue weighted by Gasteiger charge is -2.11. The van der Waals surface area contributed by atoms with E-state index in [0.29, 0.717) is 0 Å². The molecule has 0 amide bonds. The Morgan fingerprint density at radius 2 is 0.981 bits per heavy atom. The molecule has 52 heavy (non-hydrogen) atoms. The number of sulfone groups is 2. The summed E-state index contributed by atoms with van der Waals surface area (Å²) in [6.45, 7) is -1.70. The first-order valence-electron chi connectivity index (χ1n) is 13.8. The highest BCUT2D eigenvalue weighted by Crippen LogP contribution is 2.46. The van der Waals surface area contributed by atoms with Gasteiger partial charge in [-0.15, -0.1) is 10.2 Å². The molecule has 0 radical (unpaired) electrons. The number of aromatic hydroxyl groups is 1. The van der Waals surface area contributed by atoms with E-state index in [-0.39, 0.29) is 43.3 Å². The summed E-state index contributed by atoms with van der Waals surface area (Å²) in [5.74, 6) is -2.38. The van der Waals surface area contributed by atoms with E-state index in [1.807, 2.05) is 0 Å². The lowest BCUT2D eigenvalue weighted by Crippen LogP contribution is -2.15. The van der Waals surface area contributed by atoms with E-state index >= 15 is 0 Å². The quantitative estimate of drug-likeness (QED) is 0.0651. The van der Waals surface area contributed by atoms with Crippen LogP contribution in [0.1, 0.15) is 0 Å².